The zero-order valence-electron chi connectivity index (χ0n) is 5.31. The third-order valence-corrected chi connectivity index (χ3v) is 0.838. The Labute approximate surface area is 58.5 Å². The van der Waals surface area contributed by atoms with E-state index in [1.54, 1.807) is 0 Å². The summed E-state index contributed by atoms with van der Waals surface area (Å²) in [4.78, 5) is 6.94. The summed E-state index contributed by atoms with van der Waals surface area (Å²) in [6, 6.07) is 0. The molecule has 0 aliphatic rings. The van der Waals surface area contributed by atoms with Crippen LogP contribution in [0.5, 0.6) is 0 Å². The standard InChI is InChI=1S/C5H8ClFN2/c1-4(7)3-9-5(6)8-2/h3-4H,1-2H3/b8-5-,9-3-. The molecule has 0 radical (unpaired) electrons. The summed E-state index contributed by atoms with van der Waals surface area (Å²) in [6.45, 7) is 1.36. The largest absolute Gasteiger partial charge is 0.260 e. The second-order valence-electron chi connectivity index (χ2n) is 1.45. The maximum absolute atomic E-state index is 11.9. The highest BCUT2D eigenvalue weighted by Gasteiger charge is 1.89. The lowest BCUT2D eigenvalue weighted by atomic mass is 10.5. The van der Waals surface area contributed by atoms with Crippen LogP contribution in [0.15, 0.2) is 9.98 Å². The number of rotatable bonds is 1. The highest BCUT2D eigenvalue weighted by atomic mass is 35.5. The number of amidine groups is 1. The first-order valence-corrected chi connectivity index (χ1v) is 2.85. The molecule has 0 bridgehead atoms. The van der Waals surface area contributed by atoms with E-state index in [0.717, 1.165) is 6.21 Å². The summed E-state index contributed by atoms with van der Waals surface area (Å²) < 4.78 is 11.9. The van der Waals surface area contributed by atoms with Gasteiger partial charge in [-0.25, -0.2) is 9.38 Å². The van der Waals surface area contributed by atoms with Gasteiger partial charge >= 0.3 is 0 Å². The molecule has 0 N–H and O–H groups in total. The Morgan fingerprint density at radius 2 is 2.33 bits per heavy atom. The molecule has 2 nitrogen and oxygen atoms in total. The van der Waals surface area contributed by atoms with Crippen molar-refractivity contribution in [2.45, 2.75) is 13.1 Å². The fraction of sp³-hybridized carbons (Fsp3) is 0.600. The van der Waals surface area contributed by atoms with Gasteiger partial charge in [-0.05, 0) is 18.5 Å². The van der Waals surface area contributed by atoms with E-state index in [1.807, 2.05) is 0 Å². The van der Waals surface area contributed by atoms with Gasteiger partial charge < -0.3 is 0 Å². The molecule has 1 unspecified atom stereocenters. The summed E-state index contributed by atoms with van der Waals surface area (Å²) >= 11 is 5.29. The Morgan fingerprint density at radius 3 is 2.67 bits per heavy atom. The zero-order chi connectivity index (χ0) is 7.28. The molecule has 0 aliphatic heterocycles. The van der Waals surface area contributed by atoms with Crippen molar-refractivity contribution in [3.05, 3.63) is 0 Å². The second-order valence-corrected chi connectivity index (χ2v) is 1.79. The lowest BCUT2D eigenvalue weighted by Crippen LogP contribution is -1.94. The first-order valence-electron chi connectivity index (χ1n) is 2.47. The van der Waals surface area contributed by atoms with E-state index in [9.17, 15) is 4.39 Å². The second kappa shape index (κ2) is 4.44. The zero-order valence-corrected chi connectivity index (χ0v) is 6.06. The van der Waals surface area contributed by atoms with Gasteiger partial charge in [0, 0.05) is 13.3 Å². The molecule has 0 rings (SSSR count). The number of alkyl halides is 1. The molecule has 0 heterocycles. The fourth-order valence-electron chi connectivity index (χ4n) is 0.222. The van der Waals surface area contributed by atoms with Crippen molar-refractivity contribution in [1.82, 2.24) is 0 Å². The minimum Gasteiger partial charge on any atom is -0.260 e. The van der Waals surface area contributed by atoms with Crippen LogP contribution in [0.3, 0.4) is 0 Å². The number of aliphatic imine (C=N–C) groups is 2. The van der Waals surface area contributed by atoms with Crippen LogP contribution in [-0.4, -0.2) is 24.7 Å². The van der Waals surface area contributed by atoms with Crippen LogP contribution < -0.4 is 0 Å². The van der Waals surface area contributed by atoms with Crippen LogP contribution in [0.4, 0.5) is 4.39 Å². The van der Waals surface area contributed by atoms with E-state index in [-0.39, 0.29) is 5.29 Å². The first kappa shape index (κ1) is 8.56. The van der Waals surface area contributed by atoms with Crippen LogP contribution >= 0.6 is 11.6 Å². The summed E-state index contributed by atoms with van der Waals surface area (Å²) in [5.74, 6) is 0. The van der Waals surface area contributed by atoms with Crippen LogP contribution in [-0.2, 0) is 0 Å². The average molecular weight is 151 g/mol. The van der Waals surface area contributed by atoms with Gasteiger partial charge in [0.2, 0.25) is 5.29 Å². The molecule has 0 aliphatic carbocycles. The third-order valence-electron chi connectivity index (χ3n) is 0.571. The van der Waals surface area contributed by atoms with Gasteiger partial charge in [-0.15, -0.1) is 0 Å². The monoisotopic (exact) mass is 150 g/mol. The van der Waals surface area contributed by atoms with Gasteiger partial charge in [0.15, 0.2) is 0 Å². The summed E-state index contributed by atoms with van der Waals surface area (Å²) in [5, 5.41) is 0.0690. The Balaban J connectivity index is 3.71. The van der Waals surface area contributed by atoms with E-state index >= 15 is 0 Å². The van der Waals surface area contributed by atoms with Gasteiger partial charge in [0.05, 0.1) is 0 Å². The molecule has 0 aromatic heterocycles. The topological polar surface area (TPSA) is 24.7 Å². The summed E-state index contributed by atoms with van der Waals surface area (Å²) in [5.41, 5.74) is 0. The van der Waals surface area contributed by atoms with Crippen LogP contribution in [0.25, 0.3) is 0 Å². The number of nitrogens with zero attached hydrogens (tertiary/aromatic N) is 2. The maximum atomic E-state index is 11.9. The molecule has 0 saturated carbocycles. The third kappa shape index (κ3) is 5.43. The highest BCUT2D eigenvalue weighted by molar-refractivity contribution is 6.65. The molecule has 0 spiro atoms. The average Bonchev–Trinajstić information content (AvgIpc) is 1.83. The molecule has 0 saturated heterocycles. The van der Waals surface area contributed by atoms with Crippen LogP contribution in [0.1, 0.15) is 6.92 Å². The van der Waals surface area contributed by atoms with E-state index in [4.69, 9.17) is 11.6 Å². The molecule has 1 atom stereocenters. The molecule has 0 fully saturated rings. The maximum Gasteiger partial charge on any atom is 0.217 e. The molecule has 9 heavy (non-hydrogen) atoms. The van der Waals surface area contributed by atoms with Gasteiger partial charge in [0.25, 0.3) is 0 Å². The van der Waals surface area contributed by atoms with Crippen LogP contribution in [0.2, 0.25) is 0 Å². The Bertz CT molecular complexity index is 131. The minimum atomic E-state index is -1.07. The Hall–Kier alpha value is -0.440. The highest BCUT2D eigenvalue weighted by Crippen LogP contribution is 1.87. The normalized spacial score (nSPS) is 16.7. The lowest BCUT2D eigenvalue weighted by molar-refractivity contribution is 0.462. The fourth-order valence-corrected chi connectivity index (χ4v) is 0.278. The SMILES string of the molecule is C/N=C(Cl)\N=C/C(C)F. The lowest BCUT2D eigenvalue weighted by Gasteiger charge is -1.86. The van der Waals surface area contributed by atoms with Crippen LogP contribution in [0, 0.1) is 0 Å². The molecule has 4 heteroatoms. The van der Waals surface area contributed by atoms with Crippen molar-refractivity contribution in [1.29, 1.82) is 0 Å². The van der Waals surface area contributed by atoms with E-state index < -0.39 is 6.17 Å². The van der Waals surface area contributed by atoms with Gasteiger partial charge in [-0.1, -0.05) is 0 Å². The Kier molecular flexibility index (Phi) is 4.22. The van der Waals surface area contributed by atoms with E-state index in [0.29, 0.717) is 0 Å². The molecule has 52 valence electrons. The molecule has 0 aromatic rings. The Morgan fingerprint density at radius 1 is 1.78 bits per heavy atom. The van der Waals surface area contributed by atoms with Gasteiger partial charge in [-0.3, -0.25) is 4.99 Å². The van der Waals surface area contributed by atoms with E-state index in [2.05, 4.69) is 9.98 Å². The molecular formula is C5H8ClFN2. The quantitative estimate of drug-likeness (QED) is 0.309. The number of hydrogen-bond donors (Lipinski definition) is 0. The van der Waals surface area contributed by atoms with Crippen molar-refractivity contribution in [2.75, 3.05) is 7.05 Å². The predicted molar refractivity (Wildman–Crippen MR) is 38.3 cm³/mol. The van der Waals surface area contributed by atoms with Crippen molar-refractivity contribution >= 4 is 23.1 Å². The van der Waals surface area contributed by atoms with Crippen molar-refractivity contribution in [2.24, 2.45) is 9.98 Å². The summed E-state index contributed by atoms with van der Waals surface area (Å²) in [7, 11) is 1.49. The molecule has 0 aromatic carbocycles. The van der Waals surface area contributed by atoms with Gasteiger partial charge in [-0.2, -0.15) is 0 Å². The van der Waals surface area contributed by atoms with Crippen molar-refractivity contribution in [3.63, 3.8) is 0 Å². The predicted octanol–water partition coefficient (Wildman–Crippen LogP) is 1.64. The molecule has 0 amide bonds. The minimum absolute atomic E-state index is 0.0690. The van der Waals surface area contributed by atoms with Crippen molar-refractivity contribution in [3.8, 4) is 0 Å². The molecular weight excluding hydrogens is 143 g/mol. The number of halogens is 2. The first-order chi connectivity index (χ1) is 4.16. The van der Waals surface area contributed by atoms with Gasteiger partial charge in [0.1, 0.15) is 6.17 Å². The smallest absolute Gasteiger partial charge is 0.217 e. The number of hydrogen-bond acceptors (Lipinski definition) is 1. The van der Waals surface area contributed by atoms with Crippen molar-refractivity contribution < 1.29 is 4.39 Å². The van der Waals surface area contributed by atoms with E-state index in [1.165, 1.54) is 14.0 Å². The summed E-state index contributed by atoms with van der Waals surface area (Å²) in [6.07, 6.45) is 0.0236.